The van der Waals surface area contributed by atoms with Crippen LogP contribution in [0.4, 0.5) is 13.2 Å². The zero-order valence-electron chi connectivity index (χ0n) is 14.4. The molecule has 0 aliphatic carbocycles. The SMILES string of the molecule is CN=C(NCCC(F)(F)F)NCc1ccc(-n2nc(C)cc2C)nc1. The van der Waals surface area contributed by atoms with E-state index in [-0.39, 0.29) is 6.54 Å². The van der Waals surface area contributed by atoms with Crippen LogP contribution in [0.5, 0.6) is 0 Å². The highest BCUT2D eigenvalue weighted by molar-refractivity contribution is 5.79. The van der Waals surface area contributed by atoms with Crippen molar-refractivity contribution < 1.29 is 13.2 Å². The highest BCUT2D eigenvalue weighted by atomic mass is 19.4. The van der Waals surface area contributed by atoms with E-state index in [1.807, 2.05) is 32.0 Å². The van der Waals surface area contributed by atoms with Crippen molar-refractivity contribution in [2.75, 3.05) is 13.6 Å². The van der Waals surface area contributed by atoms with Crippen molar-refractivity contribution in [2.45, 2.75) is 33.0 Å². The molecule has 0 saturated heterocycles. The molecular weight excluding hydrogens is 333 g/mol. The zero-order chi connectivity index (χ0) is 18.4. The lowest BCUT2D eigenvalue weighted by molar-refractivity contribution is -0.132. The summed E-state index contributed by atoms with van der Waals surface area (Å²) in [6.45, 7) is 4.04. The highest BCUT2D eigenvalue weighted by Crippen LogP contribution is 2.18. The maximum absolute atomic E-state index is 12.2. The van der Waals surface area contributed by atoms with E-state index in [0.717, 1.165) is 17.0 Å². The van der Waals surface area contributed by atoms with Gasteiger partial charge in [-0.25, -0.2) is 9.67 Å². The number of aliphatic imine (C=N–C) groups is 1. The molecule has 0 radical (unpaired) electrons. The van der Waals surface area contributed by atoms with Gasteiger partial charge in [-0.2, -0.15) is 18.3 Å². The molecule has 2 aromatic heterocycles. The van der Waals surface area contributed by atoms with Crippen LogP contribution in [0, 0.1) is 13.8 Å². The summed E-state index contributed by atoms with van der Waals surface area (Å²) in [6, 6.07) is 5.69. The lowest BCUT2D eigenvalue weighted by Crippen LogP contribution is -2.38. The second-order valence-corrected chi connectivity index (χ2v) is 5.58. The first-order chi connectivity index (χ1) is 11.8. The van der Waals surface area contributed by atoms with E-state index in [4.69, 9.17) is 0 Å². The summed E-state index contributed by atoms with van der Waals surface area (Å²) in [5, 5.41) is 9.95. The normalized spacial score (nSPS) is 12.3. The summed E-state index contributed by atoms with van der Waals surface area (Å²) in [7, 11) is 1.51. The molecule has 9 heteroatoms. The fourth-order valence-corrected chi connectivity index (χ4v) is 2.24. The van der Waals surface area contributed by atoms with Crippen LogP contribution in [0.25, 0.3) is 5.82 Å². The molecule has 0 spiro atoms. The second kappa shape index (κ2) is 8.00. The van der Waals surface area contributed by atoms with Crippen LogP contribution in [0.15, 0.2) is 29.4 Å². The van der Waals surface area contributed by atoms with Crippen molar-refractivity contribution in [3.05, 3.63) is 41.3 Å². The first kappa shape index (κ1) is 18.8. The first-order valence-corrected chi connectivity index (χ1v) is 7.78. The molecular formula is C16H21F3N6. The van der Waals surface area contributed by atoms with E-state index in [9.17, 15) is 13.2 Å². The van der Waals surface area contributed by atoms with E-state index < -0.39 is 12.6 Å². The number of rotatable bonds is 5. The van der Waals surface area contributed by atoms with Crippen molar-refractivity contribution in [1.29, 1.82) is 0 Å². The Morgan fingerprint density at radius 3 is 2.52 bits per heavy atom. The summed E-state index contributed by atoms with van der Waals surface area (Å²) < 4.78 is 38.2. The minimum atomic E-state index is -4.19. The number of nitrogens with zero attached hydrogens (tertiary/aromatic N) is 4. The Morgan fingerprint density at radius 2 is 2.00 bits per heavy atom. The van der Waals surface area contributed by atoms with Gasteiger partial charge in [0.15, 0.2) is 11.8 Å². The molecule has 0 amide bonds. The molecule has 2 heterocycles. The average molecular weight is 354 g/mol. The molecule has 0 saturated carbocycles. The third kappa shape index (κ3) is 5.77. The third-order valence-corrected chi connectivity index (χ3v) is 3.42. The van der Waals surface area contributed by atoms with E-state index in [2.05, 4.69) is 25.7 Å². The molecule has 0 aromatic carbocycles. The molecule has 2 aromatic rings. The van der Waals surface area contributed by atoms with Gasteiger partial charge in [0, 0.05) is 32.0 Å². The van der Waals surface area contributed by atoms with Crippen molar-refractivity contribution in [3.8, 4) is 5.82 Å². The summed E-state index contributed by atoms with van der Waals surface area (Å²) >= 11 is 0. The van der Waals surface area contributed by atoms with Crippen LogP contribution in [0.1, 0.15) is 23.4 Å². The van der Waals surface area contributed by atoms with Gasteiger partial charge in [-0.05, 0) is 31.5 Å². The molecule has 0 unspecified atom stereocenters. The van der Waals surface area contributed by atoms with Gasteiger partial charge in [-0.15, -0.1) is 0 Å². The molecule has 0 bridgehead atoms. The topological polar surface area (TPSA) is 67.1 Å². The van der Waals surface area contributed by atoms with E-state index in [1.54, 1.807) is 10.9 Å². The van der Waals surface area contributed by atoms with Crippen LogP contribution in [-0.4, -0.2) is 40.5 Å². The van der Waals surface area contributed by atoms with E-state index in [1.165, 1.54) is 7.05 Å². The largest absolute Gasteiger partial charge is 0.390 e. The molecule has 0 aliphatic rings. The predicted molar refractivity (Wildman–Crippen MR) is 89.7 cm³/mol. The Morgan fingerprint density at radius 1 is 1.24 bits per heavy atom. The van der Waals surface area contributed by atoms with Crippen LogP contribution in [0.2, 0.25) is 0 Å². The van der Waals surface area contributed by atoms with Gasteiger partial charge in [-0.3, -0.25) is 4.99 Å². The monoisotopic (exact) mass is 354 g/mol. The fraction of sp³-hybridized carbons (Fsp3) is 0.438. The predicted octanol–water partition coefficient (Wildman–Crippen LogP) is 2.50. The number of halogens is 3. The minimum absolute atomic E-state index is 0.224. The number of aromatic nitrogens is 3. The number of nitrogens with one attached hydrogen (secondary N) is 2. The Bertz CT molecular complexity index is 718. The van der Waals surface area contributed by atoms with E-state index in [0.29, 0.717) is 18.3 Å². The summed E-state index contributed by atoms with van der Waals surface area (Å²) in [5.41, 5.74) is 2.79. The second-order valence-electron chi connectivity index (χ2n) is 5.58. The van der Waals surface area contributed by atoms with Gasteiger partial charge < -0.3 is 10.6 Å². The zero-order valence-corrected chi connectivity index (χ0v) is 14.4. The van der Waals surface area contributed by atoms with Crippen molar-refractivity contribution >= 4 is 5.96 Å². The van der Waals surface area contributed by atoms with Gasteiger partial charge in [0.25, 0.3) is 0 Å². The number of aryl methyl sites for hydroxylation is 2. The van der Waals surface area contributed by atoms with Crippen molar-refractivity contribution in [2.24, 2.45) is 4.99 Å². The molecule has 2 rings (SSSR count). The van der Waals surface area contributed by atoms with Gasteiger partial charge in [0.05, 0.1) is 12.1 Å². The number of pyridine rings is 1. The number of alkyl halides is 3. The average Bonchev–Trinajstić information content (AvgIpc) is 2.88. The highest BCUT2D eigenvalue weighted by Gasteiger charge is 2.26. The van der Waals surface area contributed by atoms with Gasteiger partial charge in [-0.1, -0.05) is 6.07 Å². The molecule has 25 heavy (non-hydrogen) atoms. The molecule has 0 aliphatic heterocycles. The summed E-state index contributed by atoms with van der Waals surface area (Å²) in [4.78, 5) is 8.27. The maximum atomic E-state index is 12.2. The number of hydrogen-bond acceptors (Lipinski definition) is 3. The van der Waals surface area contributed by atoms with Crippen LogP contribution < -0.4 is 10.6 Å². The maximum Gasteiger partial charge on any atom is 0.390 e. The summed E-state index contributed by atoms with van der Waals surface area (Å²) in [6.07, 6.45) is -3.40. The Labute approximate surface area is 144 Å². The Balaban J connectivity index is 1.89. The smallest absolute Gasteiger partial charge is 0.356 e. The molecule has 6 nitrogen and oxygen atoms in total. The lowest BCUT2D eigenvalue weighted by atomic mass is 10.3. The first-order valence-electron chi connectivity index (χ1n) is 7.78. The molecule has 0 fully saturated rings. The minimum Gasteiger partial charge on any atom is -0.356 e. The van der Waals surface area contributed by atoms with Crippen LogP contribution >= 0.6 is 0 Å². The molecule has 136 valence electrons. The van der Waals surface area contributed by atoms with Crippen LogP contribution in [0.3, 0.4) is 0 Å². The van der Waals surface area contributed by atoms with Crippen LogP contribution in [-0.2, 0) is 6.54 Å². The molecule has 2 N–H and O–H groups in total. The van der Waals surface area contributed by atoms with Gasteiger partial charge in [0.1, 0.15) is 0 Å². The molecule has 0 atom stereocenters. The summed E-state index contributed by atoms with van der Waals surface area (Å²) in [5.74, 6) is 1.02. The Kier molecular flexibility index (Phi) is 6.00. The quantitative estimate of drug-likeness (QED) is 0.640. The van der Waals surface area contributed by atoms with Gasteiger partial charge >= 0.3 is 6.18 Å². The number of guanidine groups is 1. The lowest BCUT2D eigenvalue weighted by Gasteiger charge is -2.13. The van der Waals surface area contributed by atoms with E-state index >= 15 is 0 Å². The van der Waals surface area contributed by atoms with Crippen molar-refractivity contribution in [1.82, 2.24) is 25.4 Å². The number of hydrogen-bond donors (Lipinski definition) is 2. The fourth-order valence-electron chi connectivity index (χ4n) is 2.24. The standard InChI is InChI=1S/C16H21F3N6/c1-11-8-12(2)25(24-11)14-5-4-13(9-22-14)10-23-15(20-3)21-7-6-16(17,18)19/h4-5,8-9H,6-7,10H2,1-3H3,(H2,20,21,23). The Hall–Kier alpha value is -2.58. The van der Waals surface area contributed by atoms with Gasteiger partial charge in [0.2, 0.25) is 0 Å². The van der Waals surface area contributed by atoms with Crippen molar-refractivity contribution in [3.63, 3.8) is 0 Å². The third-order valence-electron chi connectivity index (χ3n) is 3.42.